The number of nitrogens with one attached hydrogen (secondary N) is 1. The van der Waals surface area contributed by atoms with Crippen molar-refractivity contribution < 1.29 is 9.18 Å². The van der Waals surface area contributed by atoms with Gasteiger partial charge in [0, 0.05) is 31.1 Å². The van der Waals surface area contributed by atoms with E-state index in [1.807, 2.05) is 11.0 Å². The number of rotatable bonds is 13. The number of carbonyl (C=O) groups excluding carboxylic acids is 1. The molecule has 1 saturated heterocycles. The van der Waals surface area contributed by atoms with E-state index in [-0.39, 0.29) is 17.6 Å². The Kier molecular flexibility index (Phi) is 9.40. The molecule has 1 aliphatic rings. The summed E-state index contributed by atoms with van der Waals surface area (Å²) in [7, 11) is 0. The fraction of sp³-hybridized carbons (Fsp3) is 0.353. The van der Waals surface area contributed by atoms with Crippen LogP contribution in [0.5, 0.6) is 0 Å². The summed E-state index contributed by atoms with van der Waals surface area (Å²) in [5, 5.41) is 0. The SMILES string of the molecule is NCC(CCCc1ccccc1)Cc1[nH]c([C@@H]2CC(=O)N(Cc3ccc(F)cc3)C2)nc1CCc1ccccc1. The molecule has 0 saturated carbocycles. The Morgan fingerprint density at radius 1 is 0.900 bits per heavy atom. The van der Waals surface area contributed by atoms with Gasteiger partial charge >= 0.3 is 0 Å². The van der Waals surface area contributed by atoms with E-state index in [4.69, 9.17) is 10.7 Å². The van der Waals surface area contributed by atoms with Crippen molar-refractivity contribution in [2.75, 3.05) is 13.1 Å². The van der Waals surface area contributed by atoms with Crippen LogP contribution in [0.2, 0.25) is 0 Å². The minimum absolute atomic E-state index is 0.0200. The second-order valence-corrected chi connectivity index (χ2v) is 11.0. The lowest BCUT2D eigenvalue weighted by Gasteiger charge is -2.16. The van der Waals surface area contributed by atoms with Gasteiger partial charge in [-0.2, -0.15) is 0 Å². The molecule has 1 aromatic heterocycles. The quantitative estimate of drug-likeness (QED) is 0.220. The fourth-order valence-corrected chi connectivity index (χ4v) is 5.69. The van der Waals surface area contributed by atoms with Crippen LogP contribution in [0.4, 0.5) is 4.39 Å². The predicted molar refractivity (Wildman–Crippen MR) is 157 cm³/mol. The molecule has 40 heavy (non-hydrogen) atoms. The molecule has 2 atom stereocenters. The van der Waals surface area contributed by atoms with Gasteiger partial charge in [-0.3, -0.25) is 4.79 Å². The van der Waals surface area contributed by atoms with E-state index in [2.05, 4.69) is 59.6 Å². The van der Waals surface area contributed by atoms with Crippen LogP contribution >= 0.6 is 0 Å². The summed E-state index contributed by atoms with van der Waals surface area (Å²) in [6.45, 7) is 1.73. The molecule has 5 nitrogen and oxygen atoms in total. The number of likely N-dealkylation sites (tertiary alicyclic amines) is 1. The Hall–Kier alpha value is -3.77. The average Bonchev–Trinajstić information content (AvgIpc) is 3.56. The maximum atomic E-state index is 13.3. The van der Waals surface area contributed by atoms with Gasteiger partial charge in [0.25, 0.3) is 0 Å². The number of imidazole rings is 1. The zero-order chi connectivity index (χ0) is 27.7. The van der Waals surface area contributed by atoms with E-state index in [0.29, 0.717) is 32.0 Å². The normalized spacial score (nSPS) is 16.0. The van der Waals surface area contributed by atoms with Gasteiger partial charge in [0.2, 0.25) is 5.91 Å². The van der Waals surface area contributed by atoms with Gasteiger partial charge in [0.15, 0.2) is 0 Å². The highest BCUT2D eigenvalue weighted by molar-refractivity contribution is 5.79. The summed E-state index contributed by atoms with van der Waals surface area (Å²) >= 11 is 0. The van der Waals surface area contributed by atoms with Crippen LogP contribution in [0.15, 0.2) is 84.9 Å². The van der Waals surface area contributed by atoms with Crippen molar-refractivity contribution >= 4 is 5.91 Å². The molecule has 1 amide bonds. The summed E-state index contributed by atoms with van der Waals surface area (Å²) in [6, 6.07) is 27.5. The summed E-state index contributed by atoms with van der Waals surface area (Å²) in [5.41, 5.74) is 12.1. The number of aromatic nitrogens is 2. The lowest BCUT2D eigenvalue weighted by atomic mass is 9.94. The van der Waals surface area contributed by atoms with Crippen molar-refractivity contribution in [1.29, 1.82) is 0 Å². The van der Waals surface area contributed by atoms with Gasteiger partial charge in [-0.05, 0) is 79.8 Å². The largest absolute Gasteiger partial charge is 0.345 e. The van der Waals surface area contributed by atoms with Gasteiger partial charge in [0.1, 0.15) is 11.6 Å². The smallest absolute Gasteiger partial charge is 0.223 e. The number of aromatic amines is 1. The third kappa shape index (κ3) is 7.45. The average molecular weight is 539 g/mol. The zero-order valence-corrected chi connectivity index (χ0v) is 23.1. The van der Waals surface area contributed by atoms with Crippen LogP contribution in [0.25, 0.3) is 0 Å². The fourth-order valence-electron chi connectivity index (χ4n) is 5.69. The number of amides is 1. The Balaban J connectivity index is 1.28. The predicted octanol–water partition coefficient (Wildman–Crippen LogP) is 5.99. The van der Waals surface area contributed by atoms with Crippen LogP contribution in [-0.4, -0.2) is 33.9 Å². The van der Waals surface area contributed by atoms with E-state index in [9.17, 15) is 9.18 Å². The highest BCUT2D eigenvalue weighted by Crippen LogP contribution is 2.30. The lowest BCUT2D eigenvalue weighted by Crippen LogP contribution is -2.24. The van der Waals surface area contributed by atoms with E-state index in [1.165, 1.54) is 23.3 Å². The maximum absolute atomic E-state index is 13.3. The number of hydrogen-bond acceptors (Lipinski definition) is 3. The van der Waals surface area contributed by atoms with Crippen molar-refractivity contribution in [2.45, 2.75) is 57.4 Å². The van der Waals surface area contributed by atoms with Crippen LogP contribution in [-0.2, 0) is 37.0 Å². The number of H-pyrrole nitrogens is 1. The molecule has 0 radical (unpaired) electrons. The first-order chi connectivity index (χ1) is 19.6. The van der Waals surface area contributed by atoms with Crippen molar-refractivity contribution in [3.8, 4) is 0 Å². The Morgan fingerprint density at radius 3 is 2.25 bits per heavy atom. The molecule has 0 aliphatic carbocycles. The third-order valence-corrected chi connectivity index (χ3v) is 8.01. The third-order valence-electron chi connectivity index (χ3n) is 8.01. The molecule has 3 aromatic carbocycles. The molecule has 1 fully saturated rings. The molecule has 3 N–H and O–H groups in total. The van der Waals surface area contributed by atoms with E-state index in [1.54, 1.807) is 12.1 Å². The number of carbonyl (C=O) groups is 1. The maximum Gasteiger partial charge on any atom is 0.223 e. The molecule has 2 heterocycles. The number of nitrogens with two attached hydrogens (primary N) is 1. The summed E-state index contributed by atoms with van der Waals surface area (Å²) in [4.78, 5) is 23.5. The molecule has 4 aromatic rings. The number of hydrogen-bond donors (Lipinski definition) is 2. The summed E-state index contributed by atoms with van der Waals surface area (Å²) < 4.78 is 13.3. The molecule has 0 bridgehead atoms. The molecule has 5 rings (SSSR count). The van der Waals surface area contributed by atoms with Gasteiger partial charge in [-0.1, -0.05) is 72.8 Å². The van der Waals surface area contributed by atoms with E-state index < -0.39 is 0 Å². The molecular formula is C34H39FN4O. The second-order valence-electron chi connectivity index (χ2n) is 11.0. The first-order valence-electron chi connectivity index (χ1n) is 14.4. The minimum atomic E-state index is -0.267. The van der Waals surface area contributed by atoms with Crippen LogP contribution in [0.1, 0.15) is 59.1 Å². The molecule has 1 unspecified atom stereocenters. The molecule has 6 heteroatoms. The van der Waals surface area contributed by atoms with Crippen LogP contribution in [0, 0.1) is 11.7 Å². The number of halogens is 1. The van der Waals surface area contributed by atoms with Crippen molar-refractivity contribution in [2.24, 2.45) is 11.7 Å². The Bertz CT molecular complexity index is 1350. The highest BCUT2D eigenvalue weighted by atomic mass is 19.1. The lowest BCUT2D eigenvalue weighted by molar-refractivity contribution is -0.128. The first-order valence-corrected chi connectivity index (χ1v) is 14.4. The number of benzene rings is 3. The van der Waals surface area contributed by atoms with Crippen LogP contribution in [0.3, 0.4) is 0 Å². The van der Waals surface area contributed by atoms with Gasteiger partial charge in [0.05, 0.1) is 5.69 Å². The van der Waals surface area contributed by atoms with Crippen molar-refractivity contribution in [1.82, 2.24) is 14.9 Å². The number of nitrogens with zero attached hydrogens (tertiary/aromatic N) is 2. The molecule has 1 aliphatic heterocycles. The Labute approximate surface area is 236 Å². The molecule has 208 valence electrons. The van der Waals surface area contributed by atoms with Gasteiger partial charge in [-0.15, -0.1) is 0 Å². The topological polar surface area (TPSA) is 75.0 Å². The second kappa shape index (κ2) is 13.5. The summed E-state index contributed by atoms with van der Waals surface area (Å²) in [6.07, 6.45) is 6.27. The van der Waals surface area contributed by atoms with Gasteiger partial charge < -0.3 is 15.6 Å². The number of aryl methyl sites for hydroxylation is 3. The zero-order valence-electron chi connectivity index (χ0n) is 23.1. The highest BCUT2D eigenvalue weighted by Gasteiger charge is 2.33. The van der Waals surface area contributed by atoms with Gasteiger partial charge in [-0.25, -0.2) is 9.37 Å². The first kappa shape index (κ1) is 27.8. The monoisotopic (exact) mass is 538 g/mol. The summed E-state index contributed by atoms with van der Waals surface area (Å²) in [5.74, 6) is 1.13. The standard InChI is InChI=1S/C34H39FN4O/c35-30-17-14-27(15-18-30)23-39-24-29(21-33(39)40)34-37-31(19-16-26-10-5-2-6-11-26)32(38-34)20-28(22-36)13-7-12-25-8-3-1-4-9-25/h1-6,8-11,14-15,17-18,28-29H,7,12-13,16,19-24,36H2,(H,37,38)/t28?,29-/m1/s1. The Morgan fingerprint density at radius 2 is 1.57 bits per heavy atom. The van der Waals surface area contributed by atoms with Crippen molar-refractivity contribution in [3.63, 3.8) is 0 Å². The molecule has 0 spiro atoms. The van der Waals surface area contributed by atoms with E-state index in [0.717, 1.165) is 61.3 Å². The molecular weight excluding hydrogens is 499 g/mol. The van der Waals surface area contributed by atoms with E-state index >= 15 is 0 Å². The minimum Gasteiger partial charge on any atom is -0.345 e. The van der Waals surface area contributed by atoms with Crippen LogP contribution < -0.4 is 5.73 Å². The van der Waals surface area contributed by atoms with Crippen molar-refractivity contribution in [3.05, 3.63) is 125 Å².